The van der Waals surface area contributed by atoms with Crippen molar-refractivity contribution in [3.63, 3.8) is 0 Å². The van der Waals surface area contributed by atoms with E-state index in [-0.39, 0.29) is 11.1 Å². The summed E-state index contributed by atoms with van der Waals surface area (Å²) in [6, 6.07) is 13.1. The van der Waals surface area contributed by atoms with E-state index in [0.717, 1.165) is 4.47 Å². The van der Waals surface area contributed by atoms with Crippen molar-refractivity contribution in [1.29, 1.82) is 0 Å². The summed E-state index contributed by atoms with van der Waals surface area (Å²) < 4.78 is 11.3. The summed E-state index contributed by atoms with van der Waals surface area (Å²) >= 11 is 3.32. The molecule has 0 bridgehead atoms. The first-order chi connectivity index (χ1) is 13.0. The molecular formula is C19H15BrN2O5. The van der Waals surface area contributed by atoms with Crippen molar-refractivity contribution in [2.24, 2.45) is 0 Å². The zero-order valence-electron chi connectivity index (χ0n) is 14.2. The molecule has 27 heavy (non-hydrogen) atoms. The first-order valence-electron chi connectivity index (χ1n) is 8.05. The van der Waals surface area contributed by atoms with Crippen molar-refractivity contribution in [2.75, 3.05) is 6.61 Å². The normalized spacial score (nSPS) is 10.4. The summed E-state index contributed by atoms with van der Waals surface area (Å²) in [5.74, 6) is -0.963. The van der Waals surface area contributed by atoms with Gasteiger partial charge in [0.25, 0.3) is 11.8 Å². The second kappa shape index (κ2) is 8.05. The van der Waals surface area contributed by atoms with Crippen LogP contribution in [0.1, 0.15) is 27.6 Å². The number of nitrogens with one attached hydrogen (secondary N) is 2. The summed E-state index contributed by atoms with van der Waals surface area (Å²) in [6.07, 6.45) is 0. The number of carbonyl (C=O) groups is 2. The van der Waals surface area contributed by atoms with Crippen molar-refractivity contribution >= 4 is 38.7 Å². The van der Waals surface area contributed by atoms with Gasteiger partial charge in [0.15, 0.2) is 0 Å². The molecule has 0 aliphatic heterocycles. The Morgan fingerprint density at radius 2 is 1.74 bits per heavy atom. The molecule has 0 fully saturated rings. The molecule has 0 atom stereocenters. The molecule has 1 aromatic heterocycles. The van der Waals surface area contributed by atoms with Crippen molar-refractivity contribution in [3.8, 4) is 5.75 Å². The average Bonchev–Trinajstić information content (AvgIpc) is 2.66. The standard InChI is InChI=1S/C19H15BrN2O5/c1-2-26-16-6-4-3-5-13(16)17(23)21-22-18(24)14-10-11-9-12(20)7-8-15(11)27-19(14)25/h3-10H,2H2,1H3,(H,21,23)(H,22,24). The third kappa shape index (κ3) is 4.17. The van der Waals surface area contributed by atoms with Gasteiger partial charge >= 0.3 is 5.63 Å². The Morgan fingerprint density at radius 1 is 1.04 bits per heavy atom. The van der Waals surface area contributed by atoms with Gasteiger partial charge in [0.05, 0.1) is 12.2 Å². The van der Waals surface area contributed by atoms with E-state index in [1.54, 1.807) is 49.4 Å². The Bertz CT molecular complexity index is 1080. The second-order valence-corrected chi connectivity index (χ2v) is 6.38. The van der Waals surface area contributed by atoms with Gasteiger partial charge in [-0.15, -0.1) is 0 Å². The Labute approximate surface area is 162 Å². The molecule has 2 aromatic carbocycles. The highest BCUT2D eigenvalue weighted by Crippen LogP contribution is 2.19. The van der Waals surface area contributed by atoms with E-state index in [1.807, 2.05) is 0 Å². The highest BCUT2D eigenvalue weighted by molar-refractivity contribution is 9.10. The number of carbonyl (C=O) groups excluding carboxylic acids is 2. The minimum absolute atomic E-state index is 0.223. The van der Waals surface area contributed by atoms with Gasteiger partial charge in [0.2, 0.25) is 0 Å². The molecule has 0 unspecified atom stereocenters. The Kier molecular flexibility index (Phi) is 5.56. The highest BCUT2D eigenvalue weighted by Gasteiger charge is 2.17. The molecule has 0 spiro atoms. The van der Waals surface area contributed by atoms with Gasteiger partial charge in [-0.3, -0.25) is 20.4 Å². The topological polar surface area (TPSA) is 97.6 Å². The third-order valence-corrected chi connectivity index (χ3v) is 4.15. The summed E-state index contributed by atoms with van der Waals surface area (Å²) in [4.78, 5) is 36.7. The van der Waals surface area contributed by atoms with Crippen LogP contribution >= 0.6 is 15.9 Å². The number of amides is 2. The fourth-order valence-corrected chi connectivity index (χ4v) is 2.82. The predicted molar refractivity (Wildman–Crippen MR) is 103 cm³/mol. The first kappa shape index (κ1) is 18.7. The van der Waals surface area contributed by atoms with E-state index >= 15 is 0 Å². The van der Waals surface area contributed by atoms with Gasteiger partial charge in [-0.05, 0) is 43.3 Å². The molecule has 8 heteroatoms. The summed E-state index contributed by atoms with van der Waals surface area (Å²) in [7, 11) is 0. The van der Waals surface area contributed by atoms with Crippen LogP contribution in [0.2, 0.25) is 0 Å². The van der Waals surface area contributed by atoms with E-state index in [2.05, 4.69) is 26.8 Å². The maximum absolute atomic E-state index is 12.3. The Morgan fingerprint density at radius 3 is 2.48 bits per heavy atom. The van der Waals surface area contributed by atoms with Crippen LogP contribution in [-0.4, -0.2) is 18.4 Å². The summed E-state index contributed by atoms with van der Waals surface area (Å²) in [6.45, 7) is 2.19. The Balaban J connectivity index is 1.78. The highest BCUT2D eigenvalue weighted by atomic mass is 79.9. The average molecular weight is 431 g/mol. The van der Waals surface area contributed by atoms with Gasteiger partial charge in [0, 0.05) is 9.86 Å². The number of para-hydroxylation sites is 1. The first-order valence-corrected chi connectivity index (χ1v) is 8.85. The minimum Gasteiger partial charge on any atom is -0.493 e. The molecule has 1 heterocycles. The van der Waals surface area contributed by atoms with Gasteiger partial charge in [0.1, 0.15) is 16.9 Å². The molecule has 2 N–H and O–H groups in total. The number of ether oxygens (including phenoxy) is 1. The van der Waals surface area contributed by atoms with Crippen molar-refractivity contribution in [2.45, 2.75) is 6.92 Å². The van der Waals surface area contributed by atoms with E-state index in [1.165, 1.54) is 6.07 Å². The molecule has 138 valence electrons. The molecule has 0 saturated carbocycles. The van der Waals surface area contributed by atoms with Crippen LogP contribution in [0.15, 0.2) is 62.2 Å². The maximum Gasteiger partial charge on any atom is 0.349 e. The molecule has 0 aliphatic rings. The van der Waals surface area contributed by atoms with E-state index < -0.39 is 17.4 Å². The zero-order chi connectivity index (χ0) is 19.4. The van der Waals surface area contributed by atoms with Gasteiger partial charge in [-0.1, -0.05) is 28.1 Å². The van der Waals surface area contributed by atoms with Gasteiger partial charge in [-0.25, -0.2) is 4.79 Å². The molecule has 3 aromatic rings. The summed E-state index contributed by atoms with van der Waals surface area (Å²) in [5.41, 5.74) is 4.09. The molecule has 0 radical (unpaired) electrons. The smallest absolute Gasteiger partial charge is 0.349 e. The lowest BCUT2D eigenvalue weighted by atomic mass is 10.2. The van der Waals surface area contributed by atoms with Crippen LogP contribution in [0.3, 0.4) is 0 Å². The van der Waals surface area contributed by atoms with E-state index in [0.29, 0.717) is 23.3 Å². The van der Waals surface area contributed by atoms with Crippen LogP contribution in [0, 0.1) is 0 Å². The molecule has 0 saturated heterocycles. The Hall–Kier alpha value is -3.13. The second-order valence-electron chi connectivity index (χ2n) is 5.47. The van der Waals surface area contributed by atoms with Crippen molar-refractivity contribution in [1.82, 2.24) is 10.9 Å². The number of benzene rings is 2. The number of hydrazine groups is 1. The van der Waals surface area contributed by atoms with Crippen LogP contribution in [-0.2, 0) is 0 Å². The maximum atomic E-state index is 12.3. The molecule has 0 aliphatic carbocycles. The molecule has 2 amide bonds. The lowest BCUT2D eigenvalue weighted by Gasteiger charge is -2.11. The third-order valence-electron chi connectivity index (χ3n) is 3.66. The number of hydrogen-bond donors (Lipinski definition) is 2. The number of hydrogen-bond acceptors (Lipinski definition) is 5. The van der Waals surface area contributed by atoms with Crippen LogP contribution in [0.4, 0.5) is 0 Å². The molecular weight excluding hydrogens is 416 g/mol. The van der Waals surface area contributed by atoms with Crippen molar-refractivity contribution in [3.05, 3.63) is 74.6 Å². The largest absolute Gasteiger partial charge is 0.493 e. The monoisotopic (exact) mass is 430 g/mol. The van der Waals surface area contributed by atoms with Crippen molar-refractivity contribution < 1.29 is 18.7 Å². The fraction of sp³-hybridized carbons (Fsp3) is 0.105. The van der Waals surface area contributed by atoms with Crippen LogP contribution in [0.5, 0.6) is 5.75 Å². The van der Waals surface area contributed by atoms with Gasteiger partial charge in [-0.2, -0.15) is 0 Å². The number of halogens is 1. The molecule has 7 nitrogen and oxygen atoms in total. The van der Waals surface area contributed by atoms with E-state index in [9.17, 15) is 14.4 Å². The number of rotatable bonds is 4. The van der Waals surface area contributed by atoms with E-state index in [4.69, 9.17) is 9.15 Å². The quantitative estimate of drug-likeness (QED) is 0.489. The minimum atomic E-state index is -0.800. The predicted octanol–water partition coefficient (Wildman–Crippen LogP) is 3.03. The van der Waals surface area contributed by atoms with Crippen LogP contribution < -0.4 is 21.2 Å². The van der Waals surface area contributed by atoms with Gasteiger partial charge < -0.3 is 9.15 Å². The van der Waals surface area contributed by atoms with Crippen LogP contribution in [0.25, 0.3) is 11.0 Å². The zero-order valence-corrected chi connectivity index (χ0v) is 15.8. The number of fused-ring (bicyclic) bond motifs is 1. The SMILES string of the molecule is CCOc1ccccc1C(=O)NNC(=O)c1cc2cc(Br)ccc2oc1=O. The summed E-state index contributed by atoms with van der Waals surface area (Å²) in [5, 5.41) is 0.571. The molecule has 3 rings (SSSR count). The lowest BCUT2D eigenvalue weighted by molar-refractivity contribution is 0.0842. The lowest BCUT2D eigenvalue weighted by Crippen LogP contribution is -2.43. The fourth-order valence-electron chi connectivity index (χ4n) is 2.44.